The molecule has 1 rings (SSSR count). The van der Waals surface area contributed by atoms with Crippen molar-refractivity contribution in [1.29, 1.82) is 0 Å². The van der Waals surface area contributed by atoms with E-state index in [4.69, 9.17) is 5.11 Å². The Hall–Kier alpha value is -1.99. The third-order valence-corrected chi connectivity index (χ3v) is 2.79. The third-order valence-electron chi connectivity index (χ3n) is 2.79. The van der Waals surface area contributed by atoms with Crippen LogP contribution in [0, 0.1) is 6.92 Å². The molecule has 1 heterocycles. The molecule has 1 amide bonds. The van der Waals surface area contributed by atoms with Crippen molar-refractivity contribution < 1.29 is 27.8 Å². The fraction of sp³-hybridized carbons (Fsp3) is 0.500. The summed E-state index contributed by atoms with van der Waals surface area (Å²) in [5, 5.41) is 8.87. The van der Waals surface area contributed by atoms with E-state index in [0.717, 1.165) is 4.90 Å². The van der Waals surface area contributed by atoms with Gasteiger partial charge in [0.15, 0.2) is 6.61 Å². The molecule has 0 aliphatic heterocycles. The van der Waals surface area contributed by atoms with Crippen molar-refractivity contribution in [3.8, 4) is 5.88 Å². The van der Waals surface area contributed by atoms with Crippen molar-refractivity contribution in [2.75, 3.05) is 13.7 Å². The number of halogens is 3. The highest BCUT2D eigenvalue weighted by atomic mass is 19.4. The van der Waals surface area contributed by atoms with Crippen LogP contribution < -0.4 is 4.74 Å². The molecule has 20 heavy (non-hydrogen) atoms. The molecule has 0 fully saturated rings. The Morgan fingerprint density at radius 2 is 2.15 bits per heavy atom. The number of carboxylic acid groups (broad SMARTS) is 1. The normalized spacial score (nSPS) is 12.9. The van der Waals surface area contributed by atoms with Crippen LogP contribution in [0.5, 0.6) is 5.88 Å². The molecular formula is C12H15F3N2O3. The summed E-state index contributed by atoms with van der Waals surface area (Å²) in [6, 6.07) is 1.10. The molecule has 1 aromatic rings. The summed E-state index contributed by atoms with van der Waals surface area (Å²) in [4.78, 5) is 15.7. The average Bonchev–Trinajstić information content (AvgIpc) is 2.34. The number of amides is 1. The highest BCUT2D eigenvalue weighted by Gasteiger charge is 2.29. The molecule has 0 radical (unpaired) electrons. The van der Waals surface area contributed by atoms with E-state index in [1.165, 1.54) is 13.2 Å². The second kappa shape index (κ2) is 5.98. The van der Waals surface area contributed by atoms with E-state index in [2.05, 4.69) is 9.72 Å². The van der Waals surface area contributed by atoms with E-state index in [9.17, 15) is 18.0 Å². The highest BCUT2D eigenvalue weighted by molar-refractivity contribution is 5.65. The summed E-state index contributed by atoms with van der Waals surface area (Å²) in [6.07, 6.45) is -4.22. The molecule has 1 aromatic heterocycles. The van der Waals surface area contributed by atoms with E-state index in [1.54, 1.807) is 19.9 Å². The third kappa shape index (κ3) is 4.29. The van der Waals surface area contributed by atoms with Crippen molar-refractivity contribution in [2.24, 2.45) is 0 Å². The highest BCUT2D eigenvalue weighted by Crippen LogP contribution is 2.24. The first-order valence-corrected chi connectivity index (χ1v) is 5.73. The van der Waals surface area contributed by atoms with Crippen LogP contribution in [0.1, 0.15) is 24.1 Å². The number of hydrogen-bond donors (Lipinski definition) is 1. The summed E-state index contributed by atoms with van der Waals surface area (Å²) in [6.45, 7) is 1.79. The zero-order valence-corrected chi connectivity index (χ0v) is 11.2. The van der Waals surface area contributed by atoms with Gasteiger partial charge in [0.2, 0.25) is 5.88 Å². The molecule has 112 valence electrons. The van der Waals surface area contributed by atoms with Crippen LogP contribution in [0.15, 0.2) is 12.3 Å². The van der Waals surface area contributed by atoms with E-state index in [0.29, 0.717) is 11.1 Å². The minimum Gasteiger partial charge on any atom is -0.468 e. The SMILES string of the molecule is Cc1cc(C(C)N(C)C(=O)O)cnc1OCC(F)(F)F. The topological polar surface area (TPSA) is 62.7 Å². The minimum atomic E-state index is -4.43. The maximum Gasteiger partial charge on any atom is 0.422 e. The number of aryl methyl sites for hydroxylation is 1. The smallest absolute Gasteiger partial charge is 0.422 e. The lowest BCUT2D eigenvalue weighted by Gasteiger charge is -2.22. The Bertz CT molecular complexity index is 491. The molecule has 0 aliphatic carbocycles. The number of rotatable bonds is 4. The number of aromatic nitrogens is 1. The lowest BCUT2D eigenvalue weighted by Crippen LogP contribution is -2.28. The maximum absolute atomic E-state index is 12.1. The van der Waals surface area contributed by atoms with Crippen molar-refractivity contribution in [3.05, 3.63) is 23.4 Å². The van der Waals surface area contributed by atoms with Gasteiger partial charge in [0.1, 0.15) is 0 Å². The molecule has 0 aliphatic rings. The van der Waals surface area contributed by atoms with Gasteiger partial charge in [-0.25, -0.2) is 9.78 Å². The first kappa shape index (κ1) is 16.1. The van der Waals surface area contributed by atoms with Crippen LogP contribution in [-0.2, 0) is 0 Å². The van der Waals surface area contributed by atoms with Gasteiger partial charge in [0.25, 0.3) is 0 Å². The van der Waals surface area contributed by atoms with E-state index in [1.807, 2.05) is 0 Å². The standard InChI is InChI=1S/C12H15F3N2O3/c1-7-4-9(8(2)17(3)11(18)19)5-16-10(7)20-6-12(13,14)15/h4-5,8H,6H2,1-3H3,(H,18,19). The lowest BCUT2D eigenvalue weighted by atomic mass is 10.1. The second-order valence-corrected chi connectivity index (χ2v) is 4.36. The number of carbonyl (C=O) groups is 1. The van der Waals surface area contributed by atoms with Gasteiger partial charge < -0.3 is 14.7 Å². The Morgan fingerprint density at radius 3 is 2.60 bits per heavy atom. The average molecular weight is 292 g/mol. The number of alkyl halides is 3. The molecule has 0 aromatic carbocycles. The lowest BCUT2D eigenvalue weighted by molar-refractivity contribution is -0.154. The molecule has 5 nitrogen and oxygen atoms in total. The molecule has 1 atom stereocenters. The van der Waals surface area contributed by atoms with Gasteiger partial charge in [-0.3, -0.25) is 0 Å². The van der Waals surface area contributed by atoms with Gasteiger partial charge in [-0.05, 0) is 25.5 Å². The first-order chi connectivity index (χ1) is 9.11. The minimum absolute atomic E-state index is 0.115. The zero-order chi connectivity index (χ0) is 15.5. The molecule has 1 unspecified atom stereocenters. The first-order valence-electron chi connectivity index (χ1n) is 5.73. The molecular weight excluding hydrogens is 277 g/mol. The Kier molecular flexibility index (Phi) is 4.80. The fourth-order valence-corrected chi connectivity index (χ4v) is 1.50. The summed E-state index contributed by atoms with van der Waals surface area (Å²) < 4.78 is 40.7. The van der Waals surface area contributed by atoms with Gasteiger partial charge in [-0.2, -0.15) is 13.2 Å². The molecule has 0 spiro atoms. The van der Waals surface area contributed by atoms with Gasteiger partial charge in [-0.1, -0.05) is 0 Å². The van der Waals surface area contributed by atoms with Crippen LogP contribution in [0.2, 0.25) is 0 Å². The van der Waals surface area contributed by atoms with Crippen molar-refractivity contribution >= 4 is 6.09 Å². The van der Waals surface area contributed by atoms with Crippen molar-refractivity contribution in [2.45, 2.75) is 26.1 Å². The fourth-order valence-electron chi connectivity index (χ4n) is 1.50. The second-order valence-electron chi connectivity index (χ2n) is 4.36. The van der Waals surface area contributed by atoms with Gasteiger partial charge in [-0.15, -0.1) is 0 Å². The number of ether oxygens (including phenoxy) is 1. The summed E-state index contributed by atoms with van der Waals surface area (Å²) in [5.41, 5.74) is 0.990. The van der Waals surface area contributed by atoms with Gasteiger partial charge in [0, 0.05) is 18.8 Å². The van der Waals surface area contributed by atoms with E-state index >= 15 is 0 Å². The number of pyridine rings is 1. The number of hydrogen-bond acceptors (Lipinski definition) is 3. The predicted octanol–water partition coefficient (Wildman–Crippen LogP) is 3.00. The Balaban J connectivity index is 2.85. The largest absolute Gasteiger partial charge is 0.468 e. The number of nitrogens with zero attached hydrogens (tertiary/aromatic N) is 2. The molecule has 0 saturated carbocycles. The van der Waals surface area contributed by atoms with Crippen LogP contribution >= 0.6 is 0 Å². The molecule has 1 N–H and O–H groups in total. The van der Waals surface area contributed by atoms with Crippen LogP contribution in [0.3, 0.4) is 0 Å². The molecule has 8 heteroatoms. The summed E-state index contributed by atoms with van der Waals surface area (Å²) in [7, 11) is 1.40. The van der Waals surface area contributed by atoms with Crippen LogP contribution in [0.25, 0.3) is 0 Å². The van der Waals surface area contributed by atoms with E-state index in [-0.39, 0.29) is 5.88 Å². The zero-order valence-electron chi connectivity index (χ0n) is 11.2. The predicted molar refractivity (Wildman–Crippen MR) is 64.7 cm³/mol. The van der Waals surface area contributed by atoms with Gasteiger partial charge >= 0.3 is 12.3 Å². The van der Waals surface area contributed by atoms with Crippen LogP contribution in [-0.4, -0.2) is 40.9 Å². The quantitative estimate of drug-likeness (QED) is 0.926. The van der Waals surface area contributed by atoms with Crippen molar-refractivity contribution in [1.82, 2.24) is 9.88 Å². The molecule has 0 bridgehead atoms. The summed E-state index contributed by atoms with van der Waals surface area (Å²) >= 11 is 0. The van der Waals surface area contributed by atoms with Crippen LogP contribution in [0.4, 0.5) is 18.0 Å². The van der Waals surface area contributed by atoms with E-state index < -0.39 is 24.9 Å². The van der Waals surface area contributed by atoms with Gasteiger partial charge in [0.05, 0.1) is 6.04 Å². The maximum atomic E-state index is 12.1. The Morgan fingerprint density at radius 1 is 1.55 bits per heavy atom. The van der Waals surface area contributed by atoms with Crippen molar-refractivity contribution in [3.63, 3.8) is 0 Å². The monoisotopic (exact) mass is 292 g/mol. The Labute approximate surface area is 114 Å². The molecule has 0 saturated heterocycles. The summed E-state index contributed by atoms with van der Waals surface area (Å²) in [5.74, 6) is -0.115.